The van der Waals surface area contributed by atoms with Gasteiger partial charge in [0.15, 0.2) is 0 Å². The summed E-state index contributed by atoms with van der Waals surface area (Å²) >= 11 is 0. The van der Waals surface area contributed by atoms with Crippen LogP contribution in [0.2, 0.25) is 0 Å². The lowest BCUT2D eigenvalue weighted by Gasteiger charge is -2.32. The van der Waals surface area contributed by atoms with E-state index in [-0.39, 0.29) is 42.2 Å². The molecule has 1 unspecified atom stereocenters. The van der Waals surface area contributed by atoms with Crippen LogP contribution in [0.1, 0.15) is 71.2 Å². The maximum atomic E-state index is 13.1. The van der Waals surface area contributed by atoms with Crippen molar-refractivity contribution in [1.29, 1.82) is 5.53 Å². The third kappa shape index (κ3) is 9.47. The molecule has 0 radical (unpaired) electrons. The Labute approximate surface area is 352 Å². The van der Waals surface area contributed by atoms with Gasteiger partial charge in [0.1, 0.15) is 29.0 Å². The second-order valence-corrected chi connectivity index (χ2v) is 15.3. The maximum Gasteiger partial charge on any atom is 0.262 e. The molecule has 0 aliphatic carbocycles. The molecule has 0 bridgehead atoms. The van der Waals surface area contributed by atoms with Gasteiger partial charge in [-0.15, -0.1) is 0 Å². The third-order valence-electron chi connectivity index (χ3n) is 11.3. The Balaban J connectivity index is 0.816. The number of fused-ring (bicyclic) bond motifs is 2. The first-order chi connectivity index (χ1) is 29.6. The number of imide groups is 2. The summed E-state index contributed by atoms with van der Waals surface area (Å²) in [5.74, 6) is -0.329. The molecule has 2 saturated heterocycles. The molecule has 2 aromatic heterocycles. The summed E-state index contributed by atoms with van der Waals surface area (Å²) in [7, 11) is 5.03. The highest BCUT2D eigenvalue weighted by Crippen LogP contribution is 2.38. The van der Waals surface area contributed by atoms with Gasteiger partial charge in [0.05, 0.1) is 55.6 Å². The van der Waals surface area contributed by atoms with Gasteiger partial charge in [-0.25, -0.2) is 5.53 Å². The van der Waals surface area contributed by atoms with E-state index >= 15 is 0 Å². The van der Waals surface area contributed by atoms with E-state index < -0.39 is 29.7 Å². The molecule has 4 amide bonds. The smallest absolute Gasteiger partial charge is 0.262 e. The Bertz CT molecular complexity index is 2400. The number of pyridine rings is 2. The van der Waals surface area contributed by atoms with Crippen LogP contribution in [0.15, 0.2) is 76.8 Å². The Morgan fingerprint density at radius 1 is 0.934 bits per heavy atom. The topological polar surface area (TPSA) is 207 Å². The second kappa shape index (κ2) is 19.3. The number of nitrogens with one attached hydrogen (secondary N) is 3. The standard InChI is InChI=1S/C44H50N8O9/c1-50-24-35(31-11-15-47-23-34(31)42(50)55)27-19-38(58-2)36(39(20-27)59-3)25-51-16-12-29(13-17-51)61-26-28(49-45)22-46-14-5-4-6-18-60-30-7-8-32-33(21-30)44(57)52(43(32)56)37-9-10-40(53)48-41(37)54/h7-8,11,15,19-24,29,37,45-46H,4-6,9-10,12-14,16-18,25-26H2,1-3H3,(H,48,53,54)/b28-22-,49-45?. The van der Waals surface area contributed by atoms with E-state index in [4.69, 9.17) is 24.5 Å². The number of carbonyl (C=O) groups is 4. The van der Waals surface area contributed by atoms with Crippen LogP contribution in [0.25, 0.3) is 21.9 Å². The highest BCUT2D eigenvalue weighted by atomic mass is 16.5. The Hall–Kier alpha value is -6.46. The Morgan fingerprint density at radius 3 is 2.41 bits per heavy atom. The molecular formula is C44H50N8O9. The van der Waals surface area contributed by atoms with Crippen LogP contribution < -0.4 is 30.4 Å². The van der Waals surface area contributed by atoms with Gasteiger partial charge in [0.25, 0.3) is 17.4 Å². The van der Waals surface area contributed by atoms with Crippen molar-refractivity contribution in [2.45, 2.75) is 63.6 Å². The van der Waals surface area contributed by atoms with Crippen LogP contribution >= 0.6 is 0 Å². The minimum Gasteiger partial charge on any atom is -0.496 e. The summed E-state index contributed by atoms with van der Waals surface area (Å²) < 4.78 is 25.4. The summed E-state index contributed by atoms with van der Waals surface area (Å²) in [6.45, 7) is 3.57. The van der Waals surface area contributed by atoms with Crippen LogP contribution in [-0.2, 0) is 27.9 Å². The molecule has 0 spiro atoms. The second-order valence-electron chi connectivity index (χ2n) is 15.3. The van der Waals surface area contributed by atoms with Gasteiger partial charge < -0.3 is 28.8 Å². The largest absolute Gasteiger partial charge is 0.496 e. The summed E-state index contributed by atoms with van der Waals surface area (Å²) in [5.41, 5.74) is 11.1. The number of hydrogen-bond acceptors (Lipinski definition) is 14. The van der Waals surface area contributed by atoms with Crippen LogP contribution in [-0.4, -0.2) is 102 Å². The fourth-order valence-corrected chi connectivity index (χ4v) is 8.03. The minimum atomic E-state index is -1.01. The molecule has 3 N–H and O–H groups in total. The van der Waals surface area contributed by atoms with E-state index in [0.717, 1.165) is 72.2 Å². The highest BCUT2D eigenvalue weighted by molar-refractivity contribution is 6.23. The molecule has 17 heteroatoms. The minimum absolute atomic E-state index is 0.0358. The van der Waals surface area contributed by atoms with Crippen molar-refractivity contribution in [3.05, 3.63) is 93.9 Å². The molecule has 17 nitrogen and oxygen atoms in total. The fourth-order valence-electron chi connectivity index (χ4n) is 8.03. The van der Waals surface area contributed by atoms with E-state index in [1.54, 1.807) is 50.5 Å². The summed E-state index contributed by atoms with van der Waals surface area (Å²) in [6, 6.07) is 9.51. The molecular weight excluding hydrogens is 785 g/mol. The number of nitrogens with zero attached hydrogens (tertiary/aromatic N) is 5. The number of ether oxygens (including phenoxy) is 4. The number of aryl methyl sites for hydroxylation is 1. The van der Waals surface area contributed by atoms with Crippen LogP contribution in [0.4, 0.5) is 0 Å². The molecule has 7 rings (SSSR count). The lowest BCUT2D eigenvalue weighted by molar-refractivity contribution is -0.136. The number of benzene rings is 2. The van der Waals surface area contributed by atoms with Crippen molar-refractivity contribution < 1.29 is 38.1 Å². The van der Waals surface area contributed by atoms with Crippen molar-refractivity contribution in [2.75, 3.05) is 47.1 Å². The SMILES string of the molecule is COc1cc(-c2cn(C)c(=O)c3cnccc23)cc(OC)c1CN1CCC(OC/C(=C/NCCCCCOc2ccc3c(c2)C(=O)N(C2CCC(=O)NC2=O)C3=O)N=N)CC1. The molecule has 5 heterocycles. The number of likely N-dealkylation sites (tertiary alicyclic amines) is 1. The molecule has 3 aliphatic rings. The number of amides is 4. The summed E-state index contributed by atoms with van der Waals surface area (Å²) in [5, 5.41) is 10.4. The van der Waals surface area contributed by atoms with Gasteiger partial charge in [0, 0.05) is 70.0 Å². The van der Waals surface area contributed by atoms with Crippen LogP contribution in [0, 0.1) is 5.53 Å². The van der Waals surface area contributed by atoms with Crippen molar-refractivity contribution >= 4 is 34.4 Å². The Kier molecular flexibility index (Phi) is 13.5. The van der Waals surface area contributed by atoms with Crippen molar-refractivity contribution in [3.8, 4) is 28.4 Å². The summed E-state index contributed by atoms with van der Waals surface area (Å²) in [6.07, 6.45) is 11.1. The average Bonchev–Trinajstić information content (AvgIpc) is 3.52. The number of carbonyl (C=O) groups excluding carboxylic acids is 4. The van der Waals surface area contributed by atoms with Gasteiger partial charge in [-0.2, -0.15) is 5.11 Å². The molecule has 61 heavy (non-hydrogen) atoms. The van der Waals surface area contributed by atoms with E-state index in [1.807, 2.05) is 24.4 Å². The third-order valence-corrected chi connectivity index (χ3v) is 11.3. The first-order valence-electron chi connectivity index (χ1n) is 20.4. The Morgan fingerprint density at radius 2 is 1.69 bits per heavy atom. The van der Waals surface area contributed by atoms with Crippen molar-refractivity contribution in [1.82, 2.24) is 30.0 Å². The van der Waals surface area contributed by atoms with E-state index in [9.17, 15) is 24.0 Å². The van der Waals surface area contributed by atoms with Crippen LogP contribution in [0.5, 0.6) is 17.2 Å². The van der Waals surface area contributed by atoms with E-state index in [2.05, 4.69) is 25.6 Å². The zero-order valence-corrected chi connectivity index (χ0v) is 34.5. The molecule has 1 atom stereocenters. The predicted octanol–water partition coefficient (Wildman–Crippen LogP) is 4.71. The maximum absolute atomic E-state index is 13.1. The quantitative estimate of drug-likeness (QED) is 0.0708. The molecule has 2 aromatic carbocycles. The van der Waals surface area contributed by atoms with Gasteiger partial charge in [0.2, 0.25) is 11.8 Å². The number of hydrogen-bond donors (Lipinski definition) is 3. The van der Waals surface area contributed by atoms with E-state index in [0.29, 0.717) is 48.0 Å². The number of unbranched alkanes of at least 4 members (excludes halogenated alkanes) is 2. The van der Waals surface area contributed by atoms with E-state index in [1.165, 1.54) is 12.1 Å². The van der Waals surface area contributed by atoms with Crippen LogP contribution in [0.3, 0.4) is 0 Å². The molecule has 4 aromatic rings. The van der Waals surface area contributed by atoms with Gasteiger partial charge in [-0.05, 0) is 85.9 Å². The van der Waals surface area contributed by atoms with Gasteiger partial charge in [-0.1, -0.05) is 0 Å². The van der Waals surface area contributed by atoms with Crippen molar-refractivity contribution in [3.63, 3.8) is 0 Å². The zero-order valence-electron chi connectivity index (χ0n) is 34.5. The predicted molar refractivity (Wildman–Crippen MR) is 223 cm³/mol. The summed E-state index contributed by atoms with van der Waals surface area (Å²) in [4.78, 5) is 70.0. The fraction of sp³-hybridized carbons (Fsp3) is 0.409. The first-order valence-corrected chi connectivity index (χ1v) is 20.4. The lowest BCUT2D eigenvalue weighted by Crippen LogP contribution is -2.54. The number of rotatable bonds is 18. The molecule has 320 valence electrons. The average molecular weight is 835 g/mol. The van der Waals surface area contributed by atoms with Crippen molar-refractivity contribution in [2.24, 2.45) is 12.2 Å². The first kappa shape index (κ1) is 42.7. The van der Waals surface area contributed by atoms with Gasteiger partial charge in [-0.3, -0.25) is 44.1 Å². The zero-order chi connectivity index (χ0) is 43.0. The number of piperidine rings is 2. The highest BCUT2D eigenvalue weighted by Gasteiger charge is 2.44. The molecule has 0 saturated carbocycles. The number of aromatic nitrogens is 2. The molecule has 2 fully saturated rings. The monoisotopic (exact) mass is 834 g/mol. The molecule has 3 aliphatic heterocycles. The lowest BCUT2D eigenvalue weighted by atomic mass is 9.98. The number of methoxy groups -OCH3 is 2. The normalized spacial score (nSPS) is 17.4. The van der Waals surface area contributed by atoms with Gasteiger partial charge >= 0.3 is 0 Å².